The monoisotopic (exact) mass is 734 g/mol. The molecule has 54 heavy (non-hydrogen) atoms. The summed E-state index contributed by atoms with van der Waals surface area (Å²) in [5.41, 5.74) is 4.31. The summed E-state index contributed by atoms with van der Waals surface area (Å²) >= 11 is 1.39. The number of para-hydroxylation sites is 3. The normalized spacial score (nSPS) is 11.0. The van der Waals surface area contributed by atoms with Crippen LogP contribution in [0.15, 0.2) is 108 Å². The zero-order chi connectivity index (χ0) is 37.9. The molecule has 0 bridgehead atoms. The summed E-state index contributed by atoms with van der Waals surface area (Å²) in [5, 5.41) is 21.2. The van der Waals surface area contributed by atoms with Crippen molar-refractivity contribution in [1.29, 1.82) is 10.5 Å². The lowest BCUT2D eigenvalue weighted by Gasteiger charge is -2.21. The molecule has 0 fully saturated rings. The van der Waals surface area contributed by atoms with E-state index in [2.05, 4.69) is 59.6 Å². The van der Waals surface area contributed by atoms with E-state index in [9.17, 15) is 20.1 Å². The van der Waals surface area contributed by atoms with Crippen LogP contribution in [0.1, 0.15) is 38.8 Å². The molecule has 11 nitrogen and oxygen atoms in total. The van der Waals surface area contributed by atoms with Crippen LogP contribution in [0.2, 0.25) is 0 Å². The van der Waals surface area contributed by atoms with Crippen LogP contribution in [0.5, 0.6) is 0 Å². The molecule has 0 amide bonds. The minimum atomic E-state index is -0.637. The molecule has 0 spiro atoms. The Balaban J connectivity index is 0.000000167. The van der Waals surface area contributed by atoms with Gasteiger partial charge in [-0.1, -0.05) is 24.3 Å². The van der Waals surface area contributed by atoms with Gasteiger partial charge in [0.15, 0.2) is 5.58 Å². The van der Waals surface area contributed by atoms with Gasteiger partial charge in [-0.25, -0.2) is 19.6 Å². The largest absolute Gasteiger partial charge is 0.436 e. The van der Waals surface area contributed by atoms with Crippen LogP contribution in [-0.2, 0) is 0 Å². The number of aromatic nitrogens is 2. The van der Waals surface area contributed by atoms with Crippen LogP contribution in [0.25, 0.3) is 65.3 Å². The summed E-state index contributed by atoms with van der Waals surface area (Å²) in [6.45, 7) is 11.6. The number of hydrogen-bond acceptors (Lipinski definition) is 12. The first-order chi connectivity index (χ1) is 26.3. The second-order valence-corrected chi connectivity index (χ2v) is 13.2. The van der Waals surface area contributed by atoms with Crippen LogP contribution in [0.3, 0.4) is 0 Å². The average molecular weight is 735 g/mol. The number of fused-ring (bicyclic) bond motifs is 4. The van der Waals surface area contributed by atoms with E-state index >= 15 is 0 Å². The first-order valence-electron chi connectivity index (χ1n) is 17.6. The van der Waals surface area contributed by atoms with E-state index in [1.165, 1.54) is 11.3 Å². The molecular weight excluding hydrogens is 701 g/mol. The highest BCUT2D eigenvalue weighted by atomic mass is 32.1. The molecule has 0 aliphatic carbocycles. The third-order valence-electron chi connectivity index (χ3n) is 9.28. The third-order valence-corrected chi connectivity index (χ3v) is 10.3. The summed E-state index contributed by atoms with van der Waals surface area (Å²) in [4.78, 5) is 38.6. The molecule has 12 heteroatoms. The van der Waals surface area contributed by atoms with E-state index in [0.717, 1.165) is 47.8 Å². The van der Waals surface area contributed by atoms with Gasteiger partial charge in [0.2, 0.25) is 5.89 Å². The molecule has 0 radical (unpaired) electrons. The fourth-order valence-electron chi connectivity index (χ4n) is 6.53. The maximum atomic E-state index is 12.7. The number of rotatable bonds is 8. The van der Waals surface area contributed by atoms with Crippen molar-refractivity contribution in [2.75, 3.05) is 36.0 Å². The van der Waals surface area contributed by atoms with E-state index < -0.39 is 11.3 Å². The fourth-order valence-corrected chi connectivity index (χ4v) is 7.53. The number of nitrogens with zero attached hydrogens (tertiary/aromatic N) is 6. The van der Waals surface area contributed by atoms with E-state index in [-0.39, 0.29) is 22.6 Å². The smallest absolute Gasteiger partial charge is 0.350 e. The van der Waals surface area contributed by atoms with Gasteiger partial charge in [0, 0.05) is 60.5 Å². The molecule has 0 N–H and O–H groups in total. The van der Waals surface area contributed by atoms with Gasteiger partial charge in [-0.2, -0.15) is 10.5 Å². The number of oxazole rings is 1. The van der Waals surface area contributed by atoms with Gasteiger partial charge in [0.25, 0.3) is 0 Å². The Hall–Kier alpha value is -6.76. The average Bonchev–Trinajstić information content (AvgIpc) is 3.82. The minimum Gasteiger partial charge on any atom is -0.436 e. The molecular formula is C42H34N6O5S. The lowest BCUT2D eigenvalue weighted by Crippen LogP contribution is -2.21. The van der Waals surface area contributed by atoms with Gasteiger partial charge in [-0.3, -0.25) is 0 Å². The number of hydrogen-bond donors (Lipinski definition) is 0. The van der Waals surface area contributed by atoms with Crippen LogP contribution in [0.4, 0.5) is 11.4 Å². The van der Waals surface area contributed by atoms with Gasteiger partial charge >= 0.3 is 11.3 Å². The SMILES string of the molecule is CCN(CC)c1ccc2c(C#N)c(-c3nc4ccccc4o3)c(=O)oc2c1.CCN(CC)c1ccc2c(C#N)c(-c3nc4ccccc4s3)c(=O)oc2c1. The summed E-state index contributed by atoms with van der Waals surface area (Å²) < 4.78 is 17.8. The van der Waals surface area contributed by atoms with Gasteiger partial charge < -0.3 is 23.1 Å². The summed E-state index contributed by atoms with van der Waals surface area (Å²) in [7, 11) is 0. The topological polar surface area (TPSA) is 153 Å². The lowest BCUT2D eigenvalue weighted by atomic mass is 10.0. The summed E-state index contributed by atoms with van der Waals surface area (Å²) in [6, 6.07) is 30.3. The predicted molar refractivity (Wildman–Crippen MR) is 213 cm³/mol. The van der Waals surface area contributed by atoms with Gasteiger partial charge in [0.1, 0.15) is 45.0 Å². The van der Waals surface area contributed by atoms with Crippen molar-refractivity contribution in [3.8, 4) is 34.2 Å². The molecule has 0 aliphatic heterocycles. The Bertz CT molecular complexity index is 2620. The lowest BCUT2D eigenvalue weighted by molar-refractivity contribution is 0.553. The first kappa shape index (κ1) is 35.6. The highest BCUT2D eigenvalue weighted by Crippen LogP contribution is 2.34. The minimum absolute atomic E-state index is 0.0526. The molecule has 4 aromatic heterocycles. The number of benzene rings is 4. The van der Waals surface area contributed by atoms with E-state index in [4.69, 9.17) is 13.3 Å². The third kappa shape index (κ3) is 6.44. The Kier molecular flexibility index (Phi) is 9.95. The molecule has 0 atom stereocenters. The highest BCUT2D eigenvalue weighted by Gasteiger charge is 2.23. The molecule has 0 aliphatic rings. The van der Waals surface area contributed by atoms with Gasteiger partial charge in [0.05, 0.1) is 21.3 Å². The highest BCUT2D eigenvalue weighted by molar-refractivity contribution is 7.21. The number of anilines is 2. The van der Waals surface area contributed by atoms with Gasteiger partial charge in [-0.15, -0.1) is 11.3 Å². The van der Waals surface area contributed by atoms with Crippen LogP contribution >= 0.6 is 11.3 Å². The number of thiazole rings is 1. The maximum absolute atomic E-state index is 12.7. The summed E-state index contributed by atoms with van der Waals surface area (Å²) in [6.07, 6.45) is 0. The van der Waals surface area contributed by atoms with Crippen LogP contribution in [0, 0.1) is 22.7 Å². The molecule has 4 aromatic carbocycles. The van der Waals surface area contributed by atoms with Crippen molar-refractivity contribution >= 4 is 66.0 Å². The predicted octanol–water partition coefficient (Wildman–Crippen LogP) is 9.11. The summed E-state index contributed by atoms with van der Waals surface area (Å²) in [5.74, 6) is 0.0937. The second kappa shape index (κ2) is 15.1. The molecule has 268 valence electrons. The van der Waals surface area contributed by atoms with Crippen molar-refractivity contribution in [2.45, 2.75) is 27.7 Å². The van der Waals surface area contributed by atoms with Crippen LogP contribution < -0.4 is 21.1 Å². The van der Waals surface area contributed by atoms with E-state index in [1.54, 1.807) is 24.3 Å². The Morgan fingerprint density at radius 1 is 0.611 bits per heavy atom. The number of nitriles is 2. The Morgan fingerprint density at radius 2 is 1.13 bits per heavy atom. The molecule has 0 saturated heterocycles. The van der Waals surface area contributed by atoms with E-state index in [1.807, 2.05) is 60.7 Å². The zero-order valence-electron chi connectivity index (χ0n) is 30.0. The zero-order valence-corrected chi connectivity index (χ0v) is 30.9. The van der Waals surface area contributed by atoms with E-state index in [0.29, 0.717) is 43.6 Å². The Morgan fingerprint density at radius 3 is 1.67 bits per heavy atom. The standard InChI is InChI=1S/C21H17N3O3.C21H17N3O2S/c1-3-24(4-2)13-9-10-14-15(12-22)19(21(25)27-18(14)11-13)20-23-16-7-5-6-8-17(16)26-20;1-3-24(4-2)13-9-10-14-15(12-22)19(21(25)26-17(14)11-13)20-23-16-7-5-6-8-18(16)27-20/h2*5-11H,3-4H2,1-2H3. The molecule has 8 rings (SSSR count). The fraction of sp³-hybridized carbons (Fsp3) is 0.190. The molecule has 0 unspecified atom stereocenters. The first-order valence-corrected chi connectivity index (χ1v) is 18.4. The maximum Gasteiger partial charge on any atom is 0.350 e. The van der Waals surface area contributed by atoms with Crippen molar-refractivity contribution in [3.05, 3.63) is 117 Å². The van der Waals surface area contributed by atoms with Crippen LogP contribution in [-0.4, -0.2) is 36.1 Å². The quantitative estimate of drug-likeness (QED) is 0.137. The van der Waals surface area contributed by atoms with Crippen molar-refractivity contribution in [3.63, 3.8) is 0 Å². The Labute approximate surface area is 313 Å². The van der Waals surface area contributed by atoms with Crippen molar-refractivity contribution < 1.29 is 13.3 Å². The second-order valence-electron chi connectivity index (χ2n) is 12.2. The molecule has 4 heterocycles. The molecule has 0 saturated carbocycles. The molecule has 8 aromatic rings. The van der Waals surface area contributed by atoms with Gasteiger partial charge in [-0.05, 0) is 76.2 Å². The van der Waals surface area contributed by atoms with Crippen molar-refractivity contribution in [2.24, 2.45) is 0 Å². The van der Waals surface area contributed by atoms with Crippen molar-refractivity contribution in [1.82, 2.24) is 9.97 Å².